The van der Waals surface area contributed by atoms with Crippen LogP contribution in [0, 0.1) is 5.41 Å². The minimum atomic E-state index is -0.283. The third-order valence-corrected chi connectivity index (χ3v) is 5.22. The summed E-state index contributed by atoms with van der Waals surface area (Å²) in [6.45, 7) is 6.60. The van der Waals surface area contributed by atoms with E-state index in [-0.39, 0.29) is 52.7 Å². The SMILES string of the molecule is Br.CCOc1cc2c(cc1C(=O)NC)C(=N)N(CC(=O)c1ccc(O)c(C(C)C)c1)C2. The number of amidine groups is 1. The van der Waals surface area contributed by atoms with Gasteiger partial charge < -0.3 is 20.1 Å². The number of rotatable bonds is 7. The molecular formula is C23H28BrN3O4. The van der Waals surface area contributed by atoms with Crippen molar-refractivity contribution in [3.63, 3.8) is 0 Å². The zero-order chi connectivity index (χ0) is 22.0. The highest BCUT2D eigenvalue weighted by atomic mass is 79.9. The highest BCUT2D eigenvalue weighted by Gasteiger charge is 2.29. The Hall–Kier alpha value is -2.87. The topological polar surface area (TPSA) is 103 Å². The van der Waals surface area contributed by atoms with Crippen molar-refractivity contribution in [2.45, 2.75) is 33.2 Å². The van der Waals surface area contributed by atoms with Gasteiger partial charge in [-0.15, -0.1) is 17.0 Å². The molecule has 1 amide bonds. The van der Waals surface area contributed by atoms with Crippen molar-refractivity contribution in [2.75, 3.05) is 20.2 Å². The van der Waals surface area contributed by atoms with Crippen LogP contribution in [0.25, 0.3) is 0 Å². The first-order valence-electron chi connectivity index (χ1n) is 9.98. The summed E-state index contributed by atoms with van der Waals surface area (Å²) in [5.74, 6) is 0.520. The summed E-state index contributed by atoms with van der Waals surface area (Å²) in [5.41, 5.74) is 3.06. The van der Waals surface area contributed by atoms with Gasteiger partial charge in [0, 0.05) is 24.7 Å². The lowest BCUT2D eigenvalue weighted by atomic mass is 9.98. The number of carbonyl (C=O) groups is 2. The molecule has 0 unspecified atom stereocenters. The van der Waals surface area contributed by atoms with E-state index >= 15 is 0 Å². The number of phenols is 1. The number of Topliss-reactive ketones (excluding diaryl/α,β-unsaturated/α-hetero) is 1. The Bertz CT molecular complexity index is 1020. The molecule has 0 radical (unpaired) electrons. The van der Waals surface area contributed by atoms with Crippen LogP contribution in [-0.4, -0.2) is 47.7 Å². The van der Waals surface area contributed by atoms with Gasteiger partial charge in [-0.2, -0.15) is 0 Å². The Balaban J connectivity index is 0.00000341. The number of phenolic OH excluding ortho intramolecular Hbond substituents is 1. The highest BCUT2D eigenvalue weighted by molar-refractivity contribution is 8.93. The summed E-state index contributed by atoms with van der Waals surface area (Å²) in [7, 11) is 1.55. The van der Waals surface area contributed by atoms with Crippen molar-refractivity contribution in [2.24, 2.45) is 0 Å². The Labute approximate surface area is 192 Å². The third kappa shape index (κ3) is 4.90. The second kappa shape index (κ2) is 9.96. The molecule has 3 N–H and O–H groups in total. The Morgan fingerprint density at radius 3 is 2.58 bits per heavy atom. The largest absolute Gasteiger partial charge is 0.508 e. The summed E-state index contributed by atoms with van der Waals surface area (Å²) in [4.78, 5) is 26.8. The van der Waals surface area contributed by atoms with Crippen molar-refractivity contribution in [3.8, 4) is 11.5 Å². The second-order valence-electron chi connectivity index (χ2n) is 7.57. The van der Waals surface area contributed by atoms with Gasteiger partial charge in [0.25, 0.3) is 5.91 Å². The molecule has 166 valence electrons. The Kier molecular flexibility index (Phi) is 7.84. The van der Waals surface area contributed by atoms with Crippen molar-refractivity contribution >= 4 is 34.5 Å². The van der Waals surface area contributed by atoms with Gasteiger partial charge in [0.15, 0.2) is 5.78 Å². The Morgan fingerprint density at radius 1 is 1.26 bits per heavy atom. The standard InChI is InChI=1S/C23H27N3O4.BrH/c1-5-30-21-9-15-11-26(22(24)17(15)10-18(21)23(29)25-4)12-20(28)14-6-7-19(27)16(8-14)13(2)3;/h6-10,13,24,27H,5,11-12H2,1-4H3,(H,25,29);1H. The first kappa shape index (κ1) is 24.4. The summed E-state index contributed by atoms with van der Waals surface area (Å²) in [6, 6.07) is 8.29. The minimum absolute atomic E-state index is 0. The van der Waals surface area contributed by atoms with E-state index in [4.69, 9.17) is 10.1 Å². The van der Waals surface area contributed by atoms with Gasteiger partial charge in [-0.05, 0) is 54.3 Å². The number of nitrogens with zero attached hydrogens (tertiary/aromatic N) is 1. The molecule has 3 rings (SSSR count). The molecule has 31 heavy (non-hydrogen) atoms. The number of hydrogen-bond donors (Lipinski definition) is 3. The number of benzene rings is 2. The van der Waals surface area contributed by atoms with Gasteiger partial charge in [0.1, 0.15) is 17.3 Å². The van der Waals surface area contributed by atoms with Crippen molar-refractivity contribution in [1.82, 2.24) is 10.2 Å². The molecule has 0 saturated heterocycles. The average Bonchev–Trinajstić information content (AvgIpc) is 3.01. The van der Waals surface area contributed by atoms with Crippen LogP contribution in [0.5, 0.6) is 11.5 Å². The molecule has 0 saturated carbocycles. The van der Waals surface area contributed by atoms with Crippen molar-refractivity contribution in [3.05, 3.63) is 58.1 Å². The lowest BCUT2D eigenvalue weighted by Crippen LogP contribution is -2.30. The third-order valence-electron chi connectivity index (χ3n) is 5.22. The van der Waals surface area contributed by atoms with Gasteiger partial charge in [-0.25, -0.2) is 0 Å². The van der Waals surface area contributed by atoms with E-state index in [2.05, 4.69) is 5.32 Å². The summed E-state index contributed by atoms with van der Waals surface area (Å²) in [5, 5.41) is 21.1. The molecule has 0 aliphatic carbocycles. The molecule has 0 aromatic heterocycles. The minimum Gasteiger partial charge on any atom is -0.508 e. The number of aromatic hydroxyl groups is 1. The predicted molar refractivity (Wildman–Crippen MR) is 125 cm³/mol. The van der Waals surface area contributed by atoms with E-state index < -0.39 is 0 Å². The number of carbonyl (C=O) groups excluding carboxylic acids is 2. The maximum atomic E-state index is 12.9. The average molecular weight is 490 g/mol. The fourth-order valence-electron chi connectivity index (χ4n) is 3.61. The molecule has 8 heteroatoms. The molecule has 0 bridgehead atoms. The van der Waals surface area contributed by atoms with Gasteiger partial charge >= 0.3 is 0 Å². The number of fused-ring (bicyclic) bond motifs is 1. The van der Waals surface area contributed by atoms with E-state index in [1.165, 1.54) is 6.07 Å². The zero-order valence-corrected chi connectivity index (χ0v) is 19.8. The van der Waals surface area contributed by atoms with Gasteiger partial charge in [-0.3, -0.25) is 15.0 Å². The van der Waals surface area contributed by atoms with Crippen LogP contribution in [0.1, 0.15) is 64.1 Å². The molecule has 1 aliphatic heterocycles. The van der Waals surface area contributed by atoms with Crippen LogP contribution in [0.3, 0.4) is 0 Å². The molecule has 0 spiro atoms. The van der Waals surface area contributed by atoms with Crippen LogP contribution < -0.4 is 10.1 Å². The van der Waals surface area contributed by atoms with Gasteiger partial charge in [-0.1, -0.05) is 13.8 Å². The van der Waals surface area contributed by atoms with E-state index in [1.54, 1.807) is 36.2 Å². The summed E-state index contributed by atoms with van der Waals surface area (Å²) in [6.07, 6.45) is 0. The number of ketones is 1. The van der Waals surface area contributed by atoms with E-state index in [0.29, 0.717) is 35.6 Å². The van der Waals surface area contributed by atoms with Crippen LogP contribution in [0.2, 0.25) is 0 Å². The van der Waals surface area contributed by atoms with Gasteiger partial charge in [0.05, 0.1) is 18.7 Å². The van der Waals surface area contributed by atoms with E-state index in [1.807, 2.05) is 20.8 Å². The second-order valence-corrected chi connectivity index (χ2v) is 7.57. The monoisotopic (exact) mass is 489 g/mol. The number of hydrogen-bond acceptors (Lipinski definition) is 5. The zero-order valence-electron chi connectivity index (χ0n) is 18.1. The maximum Gasteiger partial charge on any atom is 0.254 e. The molecule has 1 aliphatic rings. The van der Waals surface area contributed by atoms with E-state index in [9.17, 15) is 14.7 Å². The molecule has 2 aromatic rings. The van der Waals surface area contributed by atoms with Crippen LogP contribution in [-0.2, 0) is 6.54 Å². The molecule has 2 aromatic carbocycles. The number of amides is 1. The smallest absolute Gasteiger partial charge is 0.254 e. The summed E-state index contributed by atoms with van der Waals surface area (Å²) < 4.78 is 5.61. The Morgan fingerprint density at radius 2 is 1.97 bits per heavy atom. The van der Waals surface area contributed by atoms with Crippen LogP contribution in [0.15, 0.2) is 30.3 Å². The summed E-state index contributed by atoms with van der Waals surface area (Å²) >= 11 is 0. The molecule has 0 atom stereocenters. The fourth-order valence-corrected chi connectivity index (χ4v) is 3.61. The van der Waals surface area contributed by atoms with Gasteiger partial charge in [0.2, 0.25) is 0 Å². The quantitative estimate of drug-likeness (QED) is 0.512. The molecule has 7 nitrogen and oxygen atoms in total. The van der Waals surface area contributed by atoms with E-state index in [0.717, 1.165) is 11.1 Å². The lowest BCUT2D eigenvalue weighted by Gasteiger charge is -2.17. The molecule has 1 heterocycles. The predicted octanol–water partition coefficient (Wildman–Crippen LogP) is 3.88. The molecule has 0 fully saturated rings. The first-order chi connectivity index (χ1) is 14.3. The number of ether oxygens (including phenoxy) is 1. The van der Waals surface area contributed by atoms with Crippen molar-refractivity contribution in [1.29, 1.82) is 5.41 Å². The number of halogens is 1. The fraction of sp³-hybridized carbons (Fsp3) is 0.348. The normalized spacial score (nSPS) is 12.4. The van der Waals surface area contributed by atoms with Crippen LogP contribution >= 0.6 is 17.0 Å². The number of nitrogens with one attached hydrogen (secondary N) is 2. The van der Waals surface area contributed by atoms with Crippen LogP contribution in [0.4, 0.5) is 0 Å². The van der Waals surface area contributed by atoms with Crippen molar-refractivity contribution < 1.29 is 19.4 Å². The molecular weight excluding hydrogens is 462 g/mol. The lowest BCUT2D eigenvalue weighted by molar-refractivity contribution is 0.0953. The highest BCUT2D eigenvalue weighted by Crippen LogP contribution is 2.31. The first-order valence-corrected chi connectivity index (χ1v) is 9.98. The maximum absolute atomic E-state index is 12.9.